The van der Waals surface area contributed by atoms with Crippen molar-refractivity contribution in [2.45, 2.75) is 6.61 Å². The topological polar surface area (TPSA) is 35.0 Å². The molecule has 0 amide bonds. The minimum absolute atomic E-state index is 0.391. The van der Waals surface area contributed by atoms with E-state index in [1.165, 1.54) is 0 Å². The molecule has 1 aromatic carbocycles. The van der Waals surface area contributed by atoms with Gasteiger partial charge in [0.1, 0.15) is 0 Å². The third-order valence-corrected chi connectivity index (χ3v) is 3.10. The molecule has 0 spiro atoms. The maximum atomic E-state index is 6.18. The Balaban J connectivity index is 2.34. The van der Waals surface area contributed by atoms with E-state index in [0.29, 0.717) is 29.1 Å². The summed E-state index contributed by atoms with van der Waals surface area (Å²) in [5.74, 6) is 0.564. The lowest BCUT2D eigenvalue weighted by Crippen LogP contribution is -1.96. The van der Waals surface area contributed by atoms with Gasteiger partial charge in [-0.1, -0.05) is 29.3 Å². The van der Waals surface area contributed by atoms with Crippen molar-refractivity contribution in [1.82, 2.24) is 9.97 Å². The van der Waals surface area contributed by atoms with Crippen LogP contribution in [-0.4, -0.2) is 16.6 Å². The highest BCUT2D eigenvalue weighted by molar-refractivity contribution is 6.36. The molecule has 0 saturated carbocycles. The van der Waals surface area contributed by atoms with Gasteiger partial charge < -0.3 is 4.74 Å². The van der Waals surface area contributed by atoms with Gasteiger partial charge in [-0.25, -0.2) is 9.97 Å². The minimum atomic E-state index is 0.391. The molecular formula is C14H12Cl2N2O. The van der Waals surface area contributed by atoms with E-state index in [1.807, 2.05) is 6.07 Å². The number of benzene rings is 1. The largest absolute Gasteiger partial charge is 0.373 e. The average Bonchev–Trinajstić information content (AvgIpc) is 2.42. The predicted octanol–water partition coefficient (Wildman–Crippen LogP) is 4.15. The molecule has 5 heteroatoms. The number of halogens is 2. The van der Waals surface area contributed by atoms with Gasteiger partial charge in [0, 0.05) is 23.0 Å². The van der Waals surface area contributed by atoms with E-state index in [0.717, 1.165) is 11.1 Å². The fourth-order valence-electron chi connectivity index (χ4n) is 1.57. The number of nitrogens with zero attached hydrogens (tertiary/aromatic N) is 2. The van der Waals surface area contributed by atoms with Crippen LogP contribution in [0.2, 0.25) is 10.0 Å². The van der Waals surface area contributed by atoms with Crippen LogP contribution in [0.3, 0.4) is 0 Å². The summed E-state index contributed by atoms with van der Waals surface area (Å²) in [7, 11) is 0. The van der Waals surface area contributed by atoms with Crippen LogP contribution in [0.25, 0.3) is 11.4 Å². The smallest absolute Gasteiger partial charge is 0.160 e. The van der Waals surface area contributed by atoms with Gasteiger partial charge in [0.15, 0.2) is 5.82 Å². The van der Waals surface area contributed by atoms with Crippen molar-refractivity contribution in [3.8, 4) is 11.4 Å². The fourth-order valence-corrected chi connectivity index (χ4v) is 2.09. The summed E-state index contributed by atoms with van der Waals surface area (Å²) in [5, 5.41) is 1.08. The second kappa shape index (κ2) is 6.66. The Hall–Kier alpha value is -1.42. The van der Waals surface area contributed by atoms with E-state index >= 15 is 0 Å². The molecule has 98 valence electrons. The van der Waals surface area contributed by atoms with Crippen molar-refractivity contribution in [1.29, 1.82) is 0 Å². The summed E-state index contributed by atoms with van der Waals surface area (Å²) in [4.78, 5) is 8.36. The molecule has 0 bridgehead atoms. The Bertz CT molecular complexity index is 573. The zero-order valence-corrected chi connectivity index (χ0v) is 11.7. The number of hydrogen-bond donors (Lipinski definition) is 0. The molecule has 0 N–H and O–H groups in total. The van der Waals surface area contributed by atoms with Gasteiger partial charge in [-0.05, 0) is 23.8 Å². The average molecular weight is 295 g/mol. The molecule has 0 saturated heterocycles. The number of aromatic nitrogens is 2. The molecule has 0 atom stereocenters. The fraction of sp³-hybridized carbons (Fsp3) is 0.143. The first kappa shape index (κ1) is 14.0. The molecule has 0 fully saturated rings. The van der Waals surface area contributed by atoms with Crippen LogP contribution in [0.4, 0.5) is 0 Å². The zero-order valence-electron chi connectivity index (χ0n) is 10.1. The Morgan fingerprint density at radius 1 is 1.16 bits per heavy atom. The van der Waals surface area contributed by atoms with Crippen molar-refractivity contribution < 1.29 is 4.74 Å². The number of ether oxygens (including phenoxy) is 1. The zero-order chi connectivity index (χ0) is 13.7. The van der Waals surface area contributed by atoms with Gasteiger partial charge in [-0.3, -0.25) is 0 Å². The summed E-state index contributed by atoms with van der Waals surface area (Å²) < 4.78 is 5.39. The molecule has 0 aliphatic heterocycles. The van der Waals surface area contributed by atoms with Crippen molar-refractivity contribution in [3.05, 3.63) is 58.9 Å². The minimum Gasteiger partial charge on any atom is -0.373 e. The van der Waals surface area contributed by atoms with E-state index in [2.05, 4.69) is 16.5 Å². The van der Waals surface area contributed by atoms with Gasteiger partial charge in [0.25, 0.3) is 0 Å². The van der Waals surface area contributed by atoms with Gasteiger partial charge in [0.05, 0.1) is 18.2 Å². The van der Waals surface area contributed by atoms with E-state index in [-0.39, 0.29) is 0 Å². The second-order valence-corrected chi connectivity index (χ2v) is 4.61. The van der Waals surface area contributed by atoms with Crippen LogP contribution in [0.15, 0.2) is 43.2 Å². The van der Waals surface area contributed by atoms with Gasteiger partial charge in [0.2, 0.25) is 0 Å². The Morgan fingerprint density at radius 3 is 2.58 bits per heavy atom. The SMILES string of the molecule is C=CCOCc1cc(-c2ncccn2)c(Cl)cc1Cl. The summed E-state index contributed by atoms with van der Waals surface area (Å²) in [6.45, 7) is 4.45. The standard InChI is InChI=1S/C14H12Cl2N2O/c1-2-6-19-9-10-7-11(13(16)8-12(10)15)14-17-4-3-5-18-14/h2-5,7-8H,1,6,9H2. The molecule has 1 heterocycles. The first-order chi connectivity index (χ1) is 9.22. The van der Waals surface area contributed by atoms with Crippen molar-refractivity contribution in [2.24, 2.45) is 0 Å². The first-order valence-electron chi connectivity index (χ1n) is 5.66. The quantitative estimate of drug-likeness (QED) is 0.614. The van der Waals surface area contributed by atoms with Crippen molar-refractivity contribution >= 4 is 23.2 Å². The highest BCUT2D eigenvalue weighted by Crippen LogP contribution is 2.31. The van der Waals surface area contributed by atoms with Gasteiger partial charge >= 0.3 is 0 Å². The van der Waals surface area contributed by atoms with E-state index < -0.39 is 0 Å². The third kappa shape index (κ3) is 3.53. The summed E-state index contributed by atoms with van der Waals surface area (Å²) >= 11 is 12.3. The van der Waals surface area contributed by atoms with Crippen LogP contribution < -0.4 is 0 Å². The molecule has 0 radical (unpaired) electrons. The van der Waals surface area contributed by atoms with Crippen LogP contribution in [-0.2, 0) is 11.3 Å². The lowest BCUT2D eigenvalue weighted by Gasteiger charge is -2.09. The van der Waals surface area contributed by atoms with Crippen LogP contribution in [0.1, 0.15) is 5.56 Å². The van der Waals surface area contributed by atoms with E-state index in [4.69, 9.17) is 27.9 Å². The molecule has 2 rings (SSSR count). The molecule has 2 aromatic rings. The Kier molecular flexibility index (Phi) is 4.91. The van der Waals surface area contributed by atoms with E-state index in [9.17, 15) is 0 Å². The third-order valence-electron chi connectivity index (χ3n) is 2.44. The Morgan fingerprint density at radius 2 is 1.89 bits per heavy atom. The van der Waals surface area contributed by atoms with Crippen molar-refractivity contribution in [2.75, 3.05) is 6.61 Å². The van der Waals surface area contributed by atoms with Gasteiger partial charge in [-0.15, -0.1) is 6.58 Å². The lowest BCUT2D eigenvalue weighted by atomic mass is 10.1. The van der Waals surface area contributed by atoms with Crippen LogP contribution in [0.5, 0.6) is 0 Å². The maximum Gasteiger partial charge on any atom is 0.160 e. The van der Waals surface area contributed by atoms with E-state index in [1.54, 1.807) is 30.6 Å². The molecule has 0 unspecified atom stereocenters. The van der Waals surface area contributed by atoms with Gasteiger partial charge in [-0.2, -0.15) is 0 Å². The summed E-state index contributed by atoms with van der Waals surface area (Å²) in [6.07, 6.45) is 5.02. The predicted molar refractivity (Wildman–Crippen MR) is 77.3 cm³/mol. The molecule has 0 aliphatic rings. The first-order valence-corrected chi connectivity index (χ1v) is 6.42. The molecule has 19 heavy (non-hydrogen) atoms. The van der Waals surface area contributed by atoms with Crippen LogP contribution in [0, 0.1) is 0 Å². The molecule has 0 aliphatic carbocycles. The lowest BCUT2D eigenvalue weighted by molar-refractivity contribution is 0.149. The second-order valence-electron chi connectivity index (χ2n) is 3.80. The number of hydrogen-bond acceptors (Lipinski definition) is 3. The highest BCUT2D eigenvalue weighted by atomic mass is 35.5. The Labute approximate surface area is 121 Å². The monoisotopic (exact) mass is 294 g/mol. The summed E-state index contributed by atoms with van der Waals surface area (Å²) in [6, 6.07) is 5.28. The molecule has 3 nitrogen and oxygen atoms in total. The molecule has 1 aromatic heterocycles. The van der Waals surface area contributed by atoms with Crippen molar-refractivity contribution in [3.63, 3.8) is 0 Å². The maximum absolute atomic E-state index is 6.18. The summed E-state index contributed by atoms with van der Waals surface area (Å²) in [5.41, 5.74) is 1.58. The number of rotatable bonds is 5. The normalized spacial score (nSPS) is 10.4. The van der Waals surface area contributed by atoms with Crippen LogP contribution >= 0.6 is 23.2 Å². The highest BCUT2D eigenvalue weighted by Gasteiger charge is 2.11. The molecular weight excluding hydrogens is 283 g/mol.